The SMILES string of the molecule is O=C(NC[C@H]1CSCCS1)N1CCSC2(CCCCC2)C1. The van der Waals surface area contributed by atoms with Crippen molar-refractivity contribution in [3.05, 3.63) is 0 Å². The Morgan fingerprint density at radius 3 is 2.81 bits per heavy atom. The van der Waals surface area contributed by atoms with Crippen molar-refractivity contribution in [2.75, 3.05) is 42.6 Å². The van der Waals surface area contributed by atoms with Gasteiger partial charge in [0.15, 0.2) is 0 Å². The predicted octanol–water partition coefficient (Wildman–Crippen LogP) is 3.30. The lowest BCUT2D eigenvalue weighted by atomic mass is 9.87. The molecule has 1 atom stereocenters. The van der Waals surface area contributed by atoms with Gasteiger partial charge in [-0.15, -0.1) is 0 Å². The van der Waals surface area contributed by atoms with Crippen molar-refractivity contribution in [2.24, 2.45) is 0 Å². The summed E-state index contributed by atoms with van der Waals surface area (Å²) in [6, 6.07) is 0.177. The van der Waals surface area contributed by atoms with Gasteiger partial charge in [-0.2, -0.15) is 35.3 Å². The second kappa shape index (κ2) is 7.73. The van der Waals surface area contributed by atoms with Crippen LogP contribution in [0.2, 0.25) is 0 Å². The van der Waals surface area contributed by atoms with Crippen LogP contribution in [-0.4, -0.2) is 63.6 Å². The van der Waals surface area contributed by atoms with Crippen LogP contribution in [0, 0.1) is 0 Å². The summed E-state index contributed by atoms with van der Waals surface area (Å²) in [6.07, 6.45) is 6.68. The molecule has 0 bridgehead atoms. The maximum atomic E-state index is 12.5. The molecule has 2 amide bonds. The molecule has 2 heterocycles. The number of nitrogens with one attached hydrogen (secondary N) is 1. The number of nitrogens with zero attached hydrogens (tertiary/aromatic N) is 1. The van der Waals surface area contributed by atoms with Crippen LogP contribution < -0.4 is 5.32 Å². The minimum absolute atomic E-state index is 0.177. The molecule has 2 aliphatic heterocycles. The van der Waals surface area contributed by atoms with Crippen LogP contribution in [0.3, 0.4) is 0 Å². The Morgan fingerprint density at radius 1 is 1.19 bits per heavy atom. The first kappa shape index (κ1) is 16.2. The fourth-order valence-corrected chi connectivity index (χ4v) is 7.67. The minimum Gasteiger partial charge on any atom is -0.337 e. The van der Waals surface area contributed by atoms with Gasteiger partial charge in [0.1, 0.15) is 0 Å². The third-order valence-corrected chi connectivity index (χ3v) is 9.05. The van der Waals surface area contributed by atoms with E-state index in [-0.39, 0.29) is 6.03 Å². The van der Waals surface area contributed by atoms with Crippen LogP contribution in [-0.2, 0) is 0 Å². The van der Waals surface area contributed by atoms with Gasteiger partial charge in [0.25, 0.3) is 0 Å². The van der Waals surface area contributed by atoms with Gasteiger partial charge in [-0.05, 0) is 12.8 Å². The Morgan fingerprint density at radius 2 is 2.05 bits per heavy atom. The van der Waals surface area contributed by atoms with Gasteiger partial charge < -0.3 is 10.2 Å². The highest BCUT2D eigenvalue weighted by molar-refractivity contribution is 8.06. The number of hydrogen-bond acceptors (Lipinski definition) is 4. The van der Waals surface area contributed by atoms with Gasteiger partial charge in [-0.1, -0.05) is 19.3 Å². The largest absolute Gasteiger partial charge is 0.337 e. The molecule has 1 N–H and O–H groups in total. The highest BCUT2D eigenvalue weighted by Gasteiger charge is 2.38. The van der Waals surface area contributed by atoms with Crippen LogP contribution in [0.15, 0.2) is 0 Å². The van der Waals surface area contributed by atoms with Crippen molar-refractivity contribution in [3.63, 3.8) is 0 Å². The lowest BCUT2D eigenvalue weighted by Gasteiger charge is -2.44. The van der Waals surface area contributed by atoms with E-state index in [1.807, 2.05) is 23.5 Å². The molecule has 0 radical (unpaired) electrons. The first-order valence-corrected chi connectivity index (χ1v) is 11.3. The first-order valence-electron chi connectivity index (χ1n) is 8.14. The van der Waals surface area contributed by atoms with E-state index in [0.717, 1.165) is 25.4 Å². The number of rotatable bonds is 2. The molecule has 120 valence electrons. The van der Waals surface area contributed by atoms with E-state index in [4.69, 9.17) is 0 Å². The van der Waals surface area contributed by atoms with Gasteiger partial charge in [-0.25, -0.2) is 4.79 Å². The van der Waals surface area contributed by atoms with Crippen molar-refractivity contribution in [2.45, 2.75) is 42.1 Å². The van der Waals surface area contributed by atoms with Gasteiger partial charge >= 0.3 is 6.03 Å². The molecule has 1 spiro atoms. The van der Waals surface area contributed by atoms with Crippen LogP contribution in [0.5, 0.6) is 0 Å². The van der Waals surface area contributed by atoms with Crippen LogP contribution in [0.25, 0.3) is 0 Å². The first-order chi connectivity index (χ1) is 10.3. The number of carbonyl (C=O) groups is 1. The van der Waals surface area contributed by atoms with Crippen molar-refractivity contribution in [1.82, 2.24) is 10.2 Å². The van der Waals surface area contributed by atoms with Crippen molar-refractivity contribution >= 4 is 41.3 Å². The Labute approximate surface area is 141 Å². The maximum absolute atomic E-state index is 12.5. The number of amides is 2. The molecule has 3 fully saturated rings. The average Bonchev–Trinajstić information content (AvgIpc) is 2.54. The molecule has 1 aliphatic carbocycles. The zero-order valence-electron chi connectivity index (χ0n) is 12.6. The highest BCUT2D eigenvalue weighted by atomic mass is 32.2. The van der Waals surface area contributed by atoms with E-state index in [1.165, 1.54) is 49.4 Å². The Kier molecular flexibility index (Phi) is 5.96. The topological polar surface area (TPSA) is 32.3 Å². The molecule has 3 rings (SSSR count). The molecule has 0 unspecified atom stereocenters. The summed E-state index contributed by atoms with van der Waals surface area (Å²) >= 11 is 6.16. The fraction of sp³-hybridized carbons (Fsp3) is 0.933. The van der Waals surface area contributed by atoms with Crippen molar-refractivity contribution in [3.8, 4) is 0 Å². The number of urea groups is 1. The maximum Gasteiger partial charge on any atom is 0.317 e. The summed E-state index contributed by atoms with van der Waals surface area (Å²) < 4.78 is 0.378. The second-order valence-corrected chi connectivity index (χ2v) is 10.4. The van der Waals surface area contributed by atoms with E-state index in [2.05, 4.69) is 22.0 Å². The summed E-state index contributed by atoms with van der Waals surface area (Å²) in [5, 5.41) is 3.79. The molecule has 6 heteroatoms. The van der Waals surface area contributed by atoms with Gasteiger partial charge in [0, 0.05) is 52.6 Å². The Balaban J connectivity index is 1.47. The van der Waals surface area contributed by atoms with Gasteiger partial charge in [0.2, 0.25) is 0 Å². The number of thioether (sulfide) groups is 3. The molecule has 2 saturated heterocycles. The minimum atomic E-state index is 0.177. The number of carbonyl (C=O) groups excluding carboxylic acids is 1. The summed E-state index contributed by atoms with van der Waals surface area (Å²) in [6.45, 7) is 2.73. The monoisotopic (exact) mass is 346 g/mol. The smallest absolute Gasteiger partial charge is 0.317 e. The zero-order valence-corrected chi connectivity index (χ0v) is 15.1. The van der Waals surface area contributed by atoms with Crippen molar-refractivity contribution < 1.29 is 4.79 Å². The quantitative estimate of drug-likeness (QED) is 0.831. The second-order valence-electron chi connectivity index (χ2n) is 6.27. The molecule has 1 saturated carbocycles. The summed E-state index contributed by atoms with van der Waals surface area (Å²) in [7, 11) is 0. The van der Waals surface area contributed by atoms with E-state index in [1.54, 1.807) is 0 Å². The molecular weight excluding hydrogens is 320 g/mol. The summed E-state index contributed by atoms with van der Waals surface area (Å²) in [4.78, 5) is 14.5. The molecular formula is C15H26N2OS3. The third kappa shape index (κ3) is 4.41. The standard InChI is InChI=1S/C15H26N2OS3/c18-14(16-10-13-11-19-8-9-20-13)17-6-7-21-15(12-17)4-2-1-3-5-15/h13H,1-12H2,(H,16,18)/t13-/m0/s1. The molecule has 0 aromatic rings. The Hall–Kier alpha value is 0.320. The van der Waals surface area contributed by atoms with E-state index in [0.29, 0.717) is 10.00 Å². The van der Waals surface area contributed by atoms with Gasteiger partial charge in [0.05, 0.1) is 0 Å². The predicted molar refractivity (Wildman–Crippen MR) is 96.8 cm³/mol. The van der Waals surface area contributed by atoms with E-state index < -0.39 is 0 Å². The molecule has 3 aliphatic rings. The average molecular weight is 347 g/mol. The summed E-state index contributed by atoms with van der Waals surface area (Å²) in [5.41, 5.74) is 0. The lowest BCUT2D eigenvalue weighted by Crippen LogP contribution is -2.53. The van der Waals surface area contributed by atoms with Crippen LogP contribution in [0.1, 0.15) is 32.1 Å². The van der Waals surface area contributed by atoms with E-state index >= 15 is 0 Å². The summed E-state index contributed by atoms with van der Waals surface area (Å²) in [5.74, 6) is 4.79. The Bertz CT molecular complexity index is 349. The van der Waals surface area contributed by atoms with Crippen molar-refractivity contribution in [1.29, 1.82) is 0 Å². The van der Waals surface area contributed by atoms with Crippen LogP contribution in [0.4, 0.5) is 4.79 Å². The fourth-order valence-electron chi connectivity index (χ4n) is 3.48. The molecule has 0 aromatic heterocycles. The normalized spacial score (nSPS) is 29.3. The molecule has 3 nitrogen and oxygen atoms in total. The zero-order chi connectivity index (χ0) is 14.5. The van der Waals surface area contributed by atoms with E-state index in [9.17, 15) is 4.79 Å². The number of hydrogen-bond donors (Lipinski definition) is 1. The molecule has 0 aromatic carbocycles. The highest BCUT2D eigenvalue weighted by Crippen LogP contribution is 2.42. The third-order valence-electron chi connectivity index (χ3n) is 4.67. The van der Waals surface area contributed by atoms with Crippen LogP contribution >= 0.6 is 35.3 Å². The lowest BCUT2D eigenvalue weighted by molar-refractivity contribution is 0.185. The molecule has 21 heavy (non-hydrogen) atoms. The van der Waals surface area contributed by atoms with Gasteiger partial charge in [-0.3, -0.25) is 0 Å².